The van der Waals surface area contributed by atoms with Crippen molar-refractivity contribution in [3.8, 4) is 5.69 Å². The van der Waals surface area contributed by atoms with Crippen LogP contribution in [0.5, 0.6) is 0 Å². The molecule has 0 spiro atoms. The van der Waals surface area contributed by atoms with Crippen LogP contribution in [0.1, 0.15) is 27.3 Å². The van der Waals surface area contributed by atoms with Crippen LogP contribution in [-0.4, -0.2) is 21.6 Å². The molecule has 0 bridgehead atoms. The van der Waals surface area contributed by atoms with Crippen LogP contribution in [0.25, 0.3) is 5.69 Å². The van der Waals surface area contributed by atoms with Crippen molar-refractivity contribution in [2.24, 2.45) is 5.10 Å². The number of carbonyl (C=O) groups excluding carboxylic acids is 1. The van der Waals surface area contributed by atoms with Gasteiger partial charge in [-0.15, -0.1) is 0 Å². The monoisotopic (exact) mass is 430 g/mol. The SMILES string of the molecule is Cc1cc(/C=N\NC(=O)c2cccc([N+](=O)[O-])c2)c(C)n1-c1cccc(Cl)c1Cl. The van der Waals surface area contributed by atoms with Gasteiger partial charge in [-0.05, 0) is 38.1 Å². The molecule has 7 nitrogen and oxygen atoms in total. The summed E-state index contributed by atoms with van der Waals surface area (Å²) in [6, 6.07) is 12.7. The Hall–Kier alpha value is -3.16. The smallest absolute Gasteiger partial charge is 0.271 e. The van der Waals surface area contributed by atoms with E-state index in [1.54, 1.807) is 6.07 Å². The second-order valence-corrected chi connectivity index (χ2v) is 7.03. The molecule has 3 aromatic rings. The molecule has 0 aliphatic rings. The number of rotatable bonds is 5. The van der Waals surface area contributed by atoms with E-state index in [4.69, 9.17) is 23.2 Å². The minimum atomic E-state index is -0.560. The second-order valence-electron chi connectivity index (χ2n) is 6.24. The van der Waals surface area contributed by atoms with Gasteiger partial charge >= 0.3 is 0 Å². The van der Waals surface area contributed by atoms with E-state index < -0.39 is 10.8 Å². The molecule has 29 heavy (non-hydrogen) atoms. The van der Waals surface area contributed by atoms with Gasteiger partial charge in [-0.2, -0.15) is 5.10 Å². The number of hydrogen-bond acceptors (Lipinski definition) is 4. The molecule has 2 aromatic carbocycles. The van der Waals surface area contributed by atoms with Crippen molar-refractivity contribution in [3.05, 3.63) is 91.2 Å². The summed E-state index contributed by atoms with van der Waals surface area (Å²) >= 11 is 12.5. The molecule has 1 heterocycles. The van der Waals surface area contributed by atoms with Gasteiger partial charge in [0.1, 0.15) is 0 Å². The van der Waals surface area contributed by atoms with Gasteiger partial charge in [0.25, 0.3) is 11.6 Å². The maximum atomic E-state index is 12.2. The Bertz CT molecular complexity index is 1140. The highest BCUT2D eigenvalue weighted by Crippen LogP contribution is 2.31. The van der Waals surface area contributed by atoms with Crippen molar-refractivity contribution in [3.63, 3.8) is 0 Å². The van der Waals surface area contributed by atoms with Gasteiger partial charge in [0, 0.05) is 34.6 Å². The third-order valence-corrected chi connectivity index (χ3v) is 5.14. The van der Waals surface area contributed by atoms with Gasteiger partial charge in [0.2, 0.25) is 0 Å². The molecule has 0 saturated carbocycles. The van der Waals surface area contributed by atoms with E-state index in [1.807, 2.05) is 36.6 Å². The van der Waals surface area contributed by atoms with Crippen molar-refractivity contribution in [1.82, 2.24) is 9.99 Å². The third-order valence-electron chi connectivity index (χ3n) is 4.33. The quantitative estimate of drug-likeness (QED) is 0.347. The number of benzene rings is 2. The van der Waals surface area contributed by atoms with Crippen molar-refractivity contribution in [2.45, 2.75) is 13.8 Å². The number of carbonyl (C=O) groups is 1. The molecule has 3 rings (SSSR count). The van der Waals surface area contributed by atoms with E-state index >= 15 is 0 Å². The average molecular weight is 431 g/mol. The lowest BCUT2D eigenvalue weighted by molar-refractivity contribution is -0.384. The van der Waals surface area contributed by atoms with E-state index in [9.17, 15) is 14.9 Å². The highest BCUT2D eigenvalue weighted by Gasteiger charge is 2.14. The summed E-state index contributed by atoms with van der Waals surface area (Å²) in [5.41, 5.74) is 5.66. The molecule has 0 atom stereocenters. The first-order chi connectivity index (χ1) is 13.8. The molecular formula is C20H16Cl2N4O3. The highest BCUT2D eigenvalue weighted by molar-refractivity contribution is 6.43. The van der Waals surface area contributed by atoms with Crippen LogP contribution in [0.2, 0.25) is 10.0 Å². The zero-order valence-electron chi connectivity index (χ0n) is 15.5. The number of nitro benzene ring substituents is 1. The zero-order chi connectivity index (χ0) is 21.1. The fourth-order valence-corrected chi connectivity index (χ4v) is 3.32. The van der Waals surface area contributed by atoms with Crippen molar-refractivity contribution in [2.75, 3.05) is 0 Å². The van der Waals surface area contributed by atoms with Crippen LogP contribution < -0.4 is 5.43 Å². The molecular weight excluding hydrogens is 415 g/mol. The average Bonchev–Trinajstić information content (AvgIpc) is 2.97. The first-order valence-electron chi connectivity index (χ1n) is 8.50. The number of aromatic nitrogens is 1. The van der Waals surface area contributed by atoms with Crippen molar-refractivity contribution < 1.29 is 9.72 Å². The molecule has 0 radical (unpaired) electrons. The summed E-state index contributed by atoms with van der Waals surface area (Å²) in [4.78, 5) is 22.5. The van der Waals surface area contributed by atoms with Crippen molar-refractivity contribution >= 4 is 41.0 Å². The van der Waals surface area contributed by atoms with Gasteiger partial charge in [-0.25, -0.2) is 5.43 Å². The largest absolute Gasteiger partial charge is 0.316 e. The number of hydrazone groups is 1. The van der Waals surface area contributed by atoms with Crippen LogP contribution >= 0.6 is 23.2 Å². The van der Waals surface area contributed by atoms with Gasteiger partial charge in [-0.3, -0.25) is 14.9 Å². The summed E-state index contributed by atoms with van der Waals surface area (Å²) in [6.07, 6.45) is 1.51. The highest BCUT2D eigenvalue weighted by atomic mass is 35.5. The van der Waals surface area contributed by atoms with Crippen LogP contribution in [0.3, 0.4) is 0 Å². The lowest BCUT2D eigenvalue weighted by Crippen LogP contribution is -2.17. The lowest BCUT2D eigenvalue weighted by atomic mass is 10.2. The normalized spacial score (nSPS) is 11.0. The van der Waals surface area contributed by atoms with Gasteiger partial charge in [0.15, 0.2) is 0 Å². The number of nitrogens with one attached hydrogen (secondary N) is 1. The van der Waals surface area contributed by atoms with E-state index in [-0.39, 0.29) is 11.3 Å². The standard InChI is InChI=1S/C20H16Cl2N4O3/c1-12-9-15(13(2)25(12)18-8-4-7-17(21)19(18)22)11-23-24-20(27)14-5-3-6-16(10-14)26(28)29/h3-11H,1-2H3,(H,24,27)/b23-11-. The molecule has 0 saturated heterocycles. The number of nitrogens with zero attached hydrogens (tertiary/aromatic N) is 3. The number of non-ortho nitro benzene ring substituents is 1. The molecule has 1 amide bonds. The molecule has 9 heteroatoms. The van der Waals surface area contributed by atoms with Crippen LogP contribution in [0.4, 0.5) is 5.69 Å². The number of halogens is 2. The summed E-state index contributed by atoms with van der Waals surface area (Å²) in [5.74, 6) is -0.545. The minimum Gasteiger partial charge on any atom is -0.316 e. The predicted molar refractivity (Wildman–Crippen MR) is 113 cm³/mol. The fourth-order valence-electron chi connectivity index (χ4n) is 2.94. The Morgan fingerprint density at radius 1 is 1.17 bits per heavy atom. The summed E-state index contributed by atoms with van der Waals surface area (Å²) in [7, 11) is 0. The van der Waals surface area contributed by atoms with E-state index in [1.165, 1.54) is 30.5 Å². The Morgan fingerprint density at radius 3 is 2.62 bits per heavy atom. The van der Waals surface area contributed by atoms with Gasteiger partial charge in [-0.1, -0.05) is 35.3 Å². The fraction of sp³-hybridized carbons (Fsp3) is 0.100. The Balaban J connectivity index is 1.82. The molecule has 0 fully saturated rings. The van der Waals surface area contributed by atoms with E-state index in [2.05, 4.69) is 10.5 Å². The predicted octanol–water partition coefficient (Wildman–Crippen LogP) is 5.07. The first-order valence-corrected chi connectivity index (χ1v) is 9.26. The number of nitro groups is 1. The van der Waals surface area contributed by atoms with Gasteiger partial charge in [0.05, 0.1) is 26.9 Å². The summed E-state index contributed by atoms with van der Waals surface area (Å²) < 4.78 is 1.94. The van der Waals surface area contributed by atoms with Crippen LogP contribution in [-0.2, 0) is 0 Å². The summed E-state index contributed by atoms with van der Waals surface area (Å²) in [5, 5.41) is 15.7. The third kappa shape index (κ3) is 4.31. The van der Waals surface area contributed by atoms with E-state index in [0.717, 1.165) is 22.6 Å². The van der Waals surface area contributed by atoms with Crippen molar-refractivity contribution in [1.29, 1.82) is 0 Å². The Morgan fingerprint density at radius 2 is 1.90 bits per heavy atom. The van der Waals surface area contributed by atoms with E-state index in [0.29, 0.717) is 10.0 Å². The number of amides is 1. The molecule has 148 valence electrons. The van der Waals surface area contributed by atoms with Crippen LogP contribution in [0, 0.1) is 24.0 Å². The number of hydrogen-bond donors (Lipinski definition) is 1. The Kier molecular flexibility index (Phi) is 6.00. The molecule has 1 aromatic heterocycles. The van der Waals surface area contributed by atoms with Crippen LogP contribution in [0.15, 0.2) is 53.6 Å². The van der Waals surface area contributed by atoms with Gasteiger partial charge < -0.3 is 4.57 Å². The maximum absolute atomic E-state index is 12.2. The number of aryl methyl sites for hydroxylation is 1. The summed E-state index contributed by atoms with van der Waals surface area (Å²) in [6.45, 7) is 3.82. The molecule has 1 N–H and O–H groups in total. The Labute approximate surface area is 176 Å². The minimum absolute atomic E-state index is 0.146. The topological polar surface area (TPSA) is 89.5 Å². The zero-order valence-corrected chi connectivity index (χ0v) is 17.0. The second kappa shape index (κ2) is 8.46. The maximum Gasteiger partial charge on any atom is 0.271 e. The molecule has 0 aliphatic carbocycles. The first kappa shape index (κ1) is 20.6. The molecule has 0 unspecified atom stereocenters. The lowest BCUT2D eigenvalue weighted by Gasteiger charge is -2.12. The molecule has 0 aliphatic heterocycles.